The van der Waals surface area contributed by atoms with Crippen molar-refractivity contribution in [3.05, 3.63) is 82.0 Å². The minimum absolute atomic E-state index is 0.0928. The Kier molecular flexibility index (Phi) is 8.78. The fourth-order valence-electron chi connectivity index (χ4n) is 4.16. The van der Waals surface area contributed by atoms with Gasteiger partial charge in [0.25, 0.3) is 0 Å². The minimum Gasteiger partial charge on any atom is -0.465 e. The summed E-state index contributed by atoms with van der Waals surface area (Å²) in [6, 6.07) is 18.2. The molecule has 2 aromatic carbocycles. The van der Waals surface area contributed by atoms with E-state index < -0.39 is 11.9 Å². The van der Waals surface area contributed by atoms with E-state index in [0.717, 1.165) is 34.4 Å². The summed E-state index contributed by atoms with van der Waals surface area (Å²) in [7, 11) is 2.56. The second-order valence-electron chi connectivity index (χ2n) is 9.37. The molecule has 0 aromatic heterocycles. The van der Waals surface area contributed by atoms with Gasteiger partial charge in [0.05, 0.1) is 19.9 Å². The van der Waals surface area contributed by atoms with Gasteiger partial charge < -0.3 is 19.3 Å². The van der Waals surface area contributed by atoms with Crippen molar-refractivity contribution in [3.8, 4) is 0 Å². The zero-order valence-corrected chi connectivity index (χ0v) is 22.6. The molecule has 0 unspecified atom stereocenters. The van der Waals surface area contributed by atoms with Gasteiger partial charge in [-0.05, 0) is 46.9 Å². The van der Waals surface area contributed by atoms with Gasteiger partial charge in [-0.3, -0.25) is 0 Å². The van der Waals surface area contributed by atoms with Crippen molar-refractivity contribution in [1.82, 2.24) is 4.90 Å². The zero-order valence-electron chi connectivity index (χ0n) is 21.0. The SMILES string of the molecule is COC(=O)C(C(=O)OC)=C(/C=C(\c1ccccc1)C(C)(C)C)N1CCN(c2ccc(Br)cc2)CC1. The summed E-state index contributed by atoms with van der Waals surface area (Å²) in [6.45, 7) is 9.09. The Bertz CT molecular complexity index is 1080. The molecule has 0 amide bonds. The summed E-state index contributed by atoms with van der Waals surface area (Å²) in [5.74, 6) is -1.42. The molecule has 0 spiro atoms. The Hall–Kier alpha value is -3.06. The highest BCUT2D eigenvalue weighted by atomic mass is 79.9. The zero-order chi connectivity index (χ0) is 25.6. The summed E-state index contributed by atoms with van der Waals surface area (Å²) in [5.41, 5.74) is 3.35. The number of carbonyl (C=O) groups is 2. The van der Waals surface area contributed by atoms with Gasteiger partial charge in [-0.15, -0.1) is 0 Å². The summed E-state index contributed by atoms with van der Waals surface area (Å²) in [5, 5.41) is 0. The number of halogens is 1. The van der Waals surface area contributed by atoms with Crippen LogP contribution >= 0.6 is 15.9 Å². The van der Waals surface area contributed by atoms with Crippen LogP contribution in [0.2, 0.25) is 0 Å². The van der Waals surface area contributed by atoms with Crippen LogP contribution in [-0.4, -0.2) is 57.2 Å². The number of esters is 2. The topological polar surface area (TPSA) is 59.1 Å². The third-order valence-electron chi connectivity index (χ3n) is 6.02. The van der Waals surface area contributed by atoms with Crippen LogP contribution in [0.25, 0.3) is 5.57 Å². The number of allylic oxidation sites excluding steroid dienone is 2. The molecule has 1 fully saturated rings. The second kappa shape index (κ2) is 11.6. The number of ether oxygens (including phenoxy) is 2. The highest BCUT2D eigenvalue weighted by Crippen LogP contribution is 2.36. The number of hydrogen-bond acceptors (Lipinski definition) is 6. The van der Waals surface area contributed by atoms with E-state index in [-0.39, 0.29) is 11.0 Å². The van der Waals surface area contributed by atoms with Gasteiger partial charge in [0, 0.05) is 36.3 Å². The predicted octanol–water partition coefficient (Wildman–Crippen LogP) is 5.30. The first kappa shape index (κ1) is 26.5. The molecule has 0 N–H and O–H groups in total. The molecule has 0 saturated carbocycles. The first-order valence-corrected chi connectivity index (χ1v) is 12.4. The number of carbonyl (C=O) groups excluding carboxylic acids is 2. The largest absolute Gasteiger partial charge is 0.465 e. The summed E-state index contributed by atoms with van der Waals surface area (Å²) >= 11 is 3.49. The standard InChI is InChI=1S/C28H33BrN2O4/c1-28(2,3)23(20-9-7-6-8-10-20)19-24(25(26(32)34-4)27(33)35-5)31-17-15-30(16-18-31)22-13-11-21(29)12-14-22/h6-14,19H,15-18H2,1-5H3/b23-19+. The molecule has 1 saturated heterocycles. The van der Waals surface area contributed by atoms with Gasteiger partial charge in [-0.25, -0.2) is 9.59 Å². The van der Waals surface area contributed by atoms with Crippen molar-refractivity contribution in [3.63, 3.8) is 0 Å². The van der Waals surface area contributed by atoms with Crippen LogP contribution in [0.5, 0.6) is 0 Å². The smallest absolute Gasteiger partial charge is 0.347 e. The molecule has 1 aliphatic rings. The van der Waals surface area contributed by atoms with E-state index in [0.29, 0.717) is 18.8 Å². The van der Waals surface area contributed by atoms with Gasteiger partial charge in [0.15, 0.2) is 5.57 Å². The van der Waals surface area contributed by atoms with Crippen molar-refractivity contribution in [2.75, 3.05) is 45.3 Å². The molecule has 0 aliphatic carbocycles. The van der Waals surface area contributed by atoms with E-state index in [4.69, 9.17) is 9.47 Å². The number of methoxy groups -OCH3 is 2. The van der Waals surface area contributed by atoms with Crippen molar-refractivity contribution >= 4 is 39.1 Å². The van der Waals surface area contributed by atoms with Gasteiger partial charge in [-0.1, -0.05) is 67.0 Å². The Labute approximate surface area is 216 Å². The molecule has 7 heteroatoms. The number of benzene rings is 2. The van der Waals surface area contributed by atoms with Crippen LogP contribution in [0.3, 0.4) is 0 Å². The van der Waals surface area contributed by atoms with Crippen molar-refractivity contribution in [2.24, 2.45) is 5.41 Å². The molecular formula is C28H33BrN2O4. The highest BCUT2D eigenvalue weighted by molar-refractivity contribution is 9.10. The van der Waals surface area contributed by atoms with E-state index >= 15 is 0 Å². The molecule has 0 radical (unpaired) electrons. The third-order valence-corrected chi connectivity index (χ3v) is 6.55. The van der Waals surface area contributed by atoms with Crippen LogP contribution in [0.15, 0.2) is 76.4 Å². The molecule has 3 rings (SSSR count). The Morgan fingerprint density at radius 1 is 0.857 bits per heavy atom. The molecule has 186 valence electrons. The molecule has 1 heterocycles. The highest BCUT2D eigenvalue weighted by Gasteiger charge is 2.31. The molecular weight excluding hydrogens is 508 g/mol. The summed E-state index contributed by atoms with van der Waals surface area (Å²) in [6.07, 6.45) is 1.95. The van der Waals surface area contributed by atoms with Gasteiger partial charge >= 0.3 is 11.9 Å². The van der Waals surface area contributed by atoms with Gasteiger partial charge in [-0.2, -0.15) is 0 Å². The average Bonchev–Trinajstić information content (AvgIpc) is 2.86. The normalized spacial score (nSPS) is 14.4. The van der Waals surface area contributed by atoms with Crippen LogP contribution in [0.1, 0.15) is 26.3 Å². The number of anilines is 1. The molecule has 0 atom stereocenters. The van der Waals surface area contributed by atoms with Crippen molar-refractivity contribution in [1.29, 1.82) is 0 Å². The maximum atomic E-state index is 12.8. The van der Waals surface area contributed by atoms with Crippen molar-refractivity contribution in [2.45, 2.75) is 20.8 Å². The maximum Gasteiger partial charge on any atom is 0.347 e. The van der Waals surface area contributed by atoms with E-state index in [1.54, 1.807) is 0 Å². The molecule has 1 aliphatic heterocycles. The van der Waals surface area contributed by atoms with E-state index in [9.17, 15) is 9.59 Å². The second-order valence-corrected chi connectivity index (χ2v) is 10.3. The van der Waals surface area contributed by atoms with Crippen LogP contribution < -0.4 is 4.90 Å². The lowest BCUT2D eigenvalue weighted by atomic mass is 9.81. The van der Waals surface area contributed by atoms with E-state index in [1.807, 2.05) is 48.5 Å². The minimum atomic E-state index is -0.709. The summed E-state index contributed by atoms with van der Waals surface area (Å²) < 4.78 is 11.1. The lowest BCUT2D eigenvalue weighted by Crippen LogP contribution is -2.46. The van der Waals surface area contributed by atoms with Crippen LogP contribution in [-0.2, 0) is 19.1 Å². The first-order chi connectivity index (χ1) is 16.7. The maximum absolute atomic E-state index is 12.8. The number of piperazine rings is 1. The number of nitrogens with zero attached hydrogens (tertiary/aromatic N) is 2. The first-order valence-electron chi connectivity index (χ1n) is 11.6. The molecule has 2 aromatic rings. The molecule has 0 bridgehead atoms. The van der Waals surface area contributed by atoms with E-state index in [1.165, 1.54) is 14.2 Å². The predicted molar refractivity (Wildman–Crippen MR) is 143 cm³/mol. The average molecular weight is 541 g/mol. The van der Waals surface area contributed by atoms with Crippen LogP contribution in [0.4, 0.5) is 5.69 Å². The molecule has 35 heavy (non-hydrogen) atoms. The van der Waals surface area contributed by atoms with E-state index in [2.05, 4.69) is 58.6 Å². The quantitative estimate of drug-likeness (QED) is 0.163. The number of rotatable bonds is 6. The Balaban J connectivity index is 2.08. The Morgan fingerprint density at radius 2 is 1.40 bits per heavy atom. The lowest BCUT2D eigenvalue weighted by Gasteiger charge is -2.39. The van der Waals surface area contributed by atoms with Gasteiger partial charge in [0.2, 0.25) is 0 Å². The lowest BCUT2D eigenvalue weighted by molar-refractivity contribution is -0.144. The fraction of sp³-hybridized carbons (Fsp3) is 0.357. The monoisotopic (exact) mass is 540 g/mol. The molecule has 6 nitrogen and oxygen atoms in total. The van der Waals surface area contributed by atoms with Gasteiger partial charge in [0.1, 0.15) is 0 Å². The fourth-order valence-corrected chi connectivity index (χ4v) is 4.43. The third kappa shape index (κ3) is 6.54. The Morgan fingerprint density at radius 3 is 1.89 bits per heavy atom. The number of hydrogen-bond donors (Lipinski definition) is 0. The van der Waals surface area contributed by atoms with Crippen LogP contribution in [0, 0.1) is 5.41 Å². The summed E-state index contributed by atoms with van der Waals surface area (Å²) in [4.78, 5) is 30.0. The van der Waals surface area contributed by atoms with Crippen molar-refractivity contribution < 1.29 is 19.1 Å².